The fraction of sp³-hybridized carbons (Fsp3) is 0.280. The molecule has 1 aliphatic rings. The van der Waals surface area contributed by atoms with E-state index < -0.39 is 0 Å². The molecule has 0 spiro atoms. The Morgan fingerprint density at radius 1 is 0.967 bits per heavy atom. The Morgan fingerprint density at radius 3 is 2.50 bits per heavy atom. The number of para-hydroxylation sites is 1. The standard InChI is InChI=1S/C25H27N3O2/c1-18(20-14-13-19-8-5-6-9-21(19)16-20)26-24(29)22-10-7-15-28(17-22)25(30)27-23-11-3-2-4-12-23/h2-6,8-9,11-14,16,18,22H,7,10,15,17H2,1H3,(H,26,29)(H,27,30). The zero-order valence-electron chi connectivity index (χ0n) is 17.2. The molecular formula is C25H27N3O2. The fourth-order valence-corrected chi connectivity index (χ4v) is 3.99. The second kappa shape index (κ2) is 8.99. The van der Waals surface area contributed by atoms with Gasteiger partial charge in [-0.3, -0.25) is 4.79 Å². The minimum atomic E-state index is -0.192. The zero-order valence-corrected chi connectivity index (χ0v) is 17.2. The van der Waals surface area contributed by atoms with Crippen molar-refractivity contribution in [2.75, 3.05) is 18.4 Å². The summed E-state index contributed by atoms with van der Waals surface area (Å²) < 4.78 is 0. The number of rotatable bonds is 4. The molecule has 0 radical (unpaired) electrons. The normalized spacial score (nSPS) is 17.4. The van der Waals surface area contributed by atoms with Crippen molar-refractivity contribution in [1.82, 2.24) is 10.2 Å². The van der Waals surface area contributed by atoms with Gasteiger partial charge in [-0.15, -0.1) is 0 Å². The molecule has 1 heterocycles. The van der Waals surface area contributed by atoms with Crippen molar-refractivity contribution >= 4 is 28.4 Å². The van der Waals surface area contributed by atoms with Crippen LogP contribution in [0.4, 0.5) is 10.5 Å². The van der Waals surface area contributed by atoms with E-state index in [9.17, 15) is 9.59 Å². The van der Waals surface area contributed by atoms with E-state index in [-0.39, 0.29) is 23.9 Å². The highest BCUT2D eigenvalue weighted by atomic mass is 16.2. The number of hydrogen-bond donors (Lipinski definition) is 2. The second-order valence-electron chi connectivity index (χ2n) is 7.92. The van der Waals surface area contributed by atoms with Gasteiger partial charge in [-0.05, 0) is 54.3 Å². The number of fused-ring (bicyclic) bond motifs is 1. The van der Waals surface area contributed by atoms with Crippen molar-refractivity contribution < 1.29 is 9.59 Å². The number of piperidine rings is 1. The summed E-state index contributed by atoms with van der Waals surface area (Å²) in [6.45, 7) is 3.11. The SMILES string of the molecule is CC(NC(=O)C1CCCN(C(=O)Nc2ccccc2)C1)c1ccc2ccccc2c1. The average molecular weight is 402 g/mol. The van der Waals surface area contributed by atoms with Crippen molar-refractivity contribution in [3.63, 3.8) is 0 Å². The molecule has 1 saturated heterocycles. The lowest BCUT2D eigenvalue weighted by molar-refractivity contribution is -0.126. The number of nitrogens with zero attached hydrogens (tertiary/aromatic N) is 1. The van der Waals surface area contributed by atoms with Crippen LogP contribution in [0, 0.1) is 5.92 Å². The highest BCUT2D eigenvalue weighted by molar-refractivity contribution is 5.90. The number of benzene rings is 3. The first kappa shape index (κ1) is 20.0. The molecule has 154 valence electrons. The van der Waals surface area contributed by atoms with Gasteiger partial charge >= 0.3 is 6.03 Å². The van der Waals surface area contributed by atoms with Crippen molar-refractivity contribution in [3.05, 3.63) is 78.4 Å². The number of hydrogen-bond acceptors (Lipinski definition) is 2. The van der Waals surface area contributed by atoms with Crippen LogP contribution >= 0.6 is 0 Å². The van der Waals surface area contributed by atoms with E-state index in [2.05, 4.69) is 41.0 Å². The summed E-state index contributed by atoms with van der Waals surface area (Å²) in [4.78, 5) is 27.2. The van der Waals surface area contributed by atoms with Gasteiger partial charge in [-0.2, -0.15) is 0 Å². The molecule has 0 saturated carbocycles. The first-order valence-corrected chi connectivity index (χ1v) is 10.5. The van der Waals surface area contributed by atoms with E-state index in [1.807, 2.05) is 49.4 Å². The van der Waals surface area contributed by atoms with Crippen LogP contribution in [0.15, 0.2) is 72.8 Å². The Labute approximate surface area is 177 Å². The zero-order chi connectivity index (χ0) is 20.9. The van der Waals surface area contributed by atoms with Crippen molar-refractivity contribution in [2.24, 2.45) is 5.92 Å². The van der Waals surface area contributed by atoms with Crippen LogP contribution in [-0.2, 0) is 4.79 Å². The lowest BCUT2D eigenvalue weighted by Gasteiger charge is -2.32. The molecule has 0 aliphatic carbocycles. The number of carbonyl (C=O) groups excluding carboxylic acids is 2. The molecule has 5 heteroatoms. The van der Waals surface area contributed by atoms with E-state index in [0.717, 1.165) is 29.5 Å². The molecule has 3 aromatic carbocycles. The van der Waals surface area contributed by atoms with E-state index >= 15 is 0 Å². The summed E-state index contributed by atoms with van der Waals surface area (Å²) in [7, 11) is 0. The Bertz CT molecular complexity index is 1030. The summed E-state index contributed by atoms with van der Waals surface area (Å²) in [5.74, 6) is -0.184. The molecule has 0 bridgehead atoms. The smallest absolute Gasteiger partial charge is 0.321 e. The third-order valence-electron chi connectivity index (χ3n) is 5.74. The quantitative estimate of drug-likeness (QED) is 0.649. The van der Waals surface area contributed by atoms with Gasteiger partial charge < -0.3 is 15.5 Å². The maximum atomic E-state index is 12.9. The van der Waals surface area contributed by atoms with Crippen LogP contribution in [0.3, 0.4) is 0 Å². The van der Waals surface area contributed by atoms with Crippen LogP contribution in [0.1, 0.15) is 31.4 Å². The molecule has 2 atom stereocenters. The van der Waals surface area contributed by atoms with Crippen LogP contribution in [-0.4, -0.2) is 29.9 Å². The maximum Gasteiger partial charge on any atom is 0.321 e. The van der Waals surface area contributed by atoms with E-state index in [1.165, 1.54) is 5.39 Å². The highest BCUT2D eigenvalue weighted by Crippen LogP contribution is 2.22. The molecule has 0 aromatic heterocycles. The molecule has 3 amide bonds. The predicted molar refractivity (Wildman–Crippen MR) is 120 cm³/mol. The highest BCUT2D eigenvalue weighted by Gasteiger charge is 2.29. The number of amides is 3. The summed E-state index contributed by atoms with van der Waals surface area (Å²) in [5.41, 5.74) is 1.84. The van der Waals surface area contributed by atoms with E-state index in [1.54, 1.807) is 4.90 Å². The largest absolute Gasteiger partial charge is 0.349 e. The van der Waals surface area contributed by atoms with E-state index in [0.29, 0.717) is 13.1 Å². The molecule has 4 rings (SSSR count). The van der Waals surface area contributed by atoms with Crippen molar-refractivity contribution in [1.29, 1.82) is 0 Å². The number of anilines is 1. The van der Waals surface area contributed by atoms with Gasteiger partial charge in [-0.25, -0.2) is 4.79 Å². The van der Waals surface area contributed by atoms with Gasteiger partial charge in [0.2, 0.25) is 5.91 Å². The summed E-state index contributed by atoms with van der Waals surface area (Å²) in [6, 6.07) is 23.6. The Balaban J connectivity index is 1.37. The van der Waals surface area contributed by atoms with Gasteiger partial charge in [0.05, 0.1) is 12.0 Å². The Kier molecular flexibility index (Phi) is 5.98. The molecule has 2 unspecified atom stereocenters. The van der Waals surface area contributed by atoms with E-state index in [4.69, 9.17) is 0 Å². The third kappa shape index (κ3) is 4.62. The molecule has 5 nitrogen and oxygen atoms in total. The first-order chi connectivity index (χ1) is 14.6. The van der Waals surface area contributed by atoms with Crippen LogP contribution in [0.2, 0.25) is 0 Å². The van der Waals surface area contributed by atoms with Gasteiger partial charge in [0, 0.05) is 18.8 Å². The molecule has 30 heavy (non-hydrogen) atoms. The number of nitrogens with one attached hydrogen (secondary N) is 2. The molecule has 3 aromatic rings. The van der Waals surface area contributed by atoms with Crippen LogP contribution in [0.5, 0.6) is 0 Å². The molecule has 2 N–H and O–H groups in total. The topological polar surface area (TPSA) is 61.4 Å². The summed E-state index contributed by atoms with van der Waals surface area (Å²) >= 11 is 0. The molecule has 1 aliphatic heterocycles. The number of carbonyl (C=O) groups is 2. The summed E-state index contributed by atoms with van der Waals surface area (Å²) in [6.07, 6.45) is 1.62. The number of likely N-dealkylation sites (tertiary alicyclic amines) is 1. The minimum absolute atomic E-state index is 0.00729. The molecular weight excluding hydrogens is 374 g/mol. The van der Waals surface area contributed by atoms with Crippen LogP contribution in [0.25, 0.3) is 10.8 Å². The lowest BCUT2D eigenvalue weighted by atomic mass is 9.96. The lowest BCUT2D eigenvalue weighted by Crippen LogP contribution is -2.47. The minimum Gasteiger partial charge on any atom is -0.349 e. The Morgan fingerprint density at radius 2 is 1.70 bits per heavy atom. The summed E-state index contributed by atoms with van der Waals surface area (Å²) in [5, 5.41) is 8.40. The fourth-order valence-electron chi connectivity index (χ4n) is 3.99. The van der Waals surface area contributed by atoms with Crippen molar-refractivity contribution in [3.8, 4) is 0 Å². The predicted octanol–water partition coefficient (Wildman–Crippen LogP) is 4.96. The van der Waals surface area contributed by atoms with Gasteiger partial charge in [0.15, 0.2) is 0 Å². The van der Waals surface area contributed by atoms with Crippen molar-refractivity contribution in [2.45, 2.75) is 25.8 Å². The second-order valence-corrected chi connectivity index (χ2v) is 7.92. The van der Waals surface area contributed by atoms with Gasteiger partial charge in [0.25, 0.3) is 0 Å². The van der Waals surface area contributed by atoms with Crippen LogP contribution < -0.4 is 10.6 Å². The van der Waals surface area contributed by atoms with Gasteiger partial charge in [0.1, 0.15) is 0 Å². The number of urea groups is 1. The first-order valence-electron chi connectivity index (χ1n) is 10.5. The Hall–Kier alpha value is -3.34. The average Bonchev–Trinajstić information content (AvgIpc) is 2.79. The monoisotopic (exact) mass is 401 g/mol. The maximum absolute atomic E-state index is 12.9. The van der Waals surface area contributed by atoms with Gasteiger partial charge in [-0.1, -0.05) is 54.6 Å². The third-order valence-corrected chi connectivity index (χ3v) is 5.74. The molecule has 1 fully saturated rings.